The van der Waals surface area contributed by atoms with Crippen molar-refractivity contribution in [3.63, 3.8) is 0 Å². The quantitative estimate of drug-likeness (QED) is 0.713. The van der Waals surface area contributed by atoms with Crippen LogP contribution in [0.3, 0.4) is 0 Å². The second-order valence-electron chi connectivity index (χ2n) is 3.98. The molecule has 0 aromatic heterocycles. The molecule has 16 heavy (non-hydrogen) atoms. The Morgan fingerprint density at radius 2 is 1.94 bits per heavy atom. The Morgan fingerprint density at radius 1 is 1.25 bits per heavy atom. The Morgan fingerprint density at radius 3 is 2.50 bits per heavy atom. The fourth-order valence-corrected chi connectivity index (χ4v) is 1.42. The third-order valence-corrected chi connectivity index (χ3v) is 2.49. The van der Waals surface area contributed by atoms with Crippen molar-refractivity contribution in [2.24, 2.45) is 0 Å². The summed E-state index contributed by atoms with van der Waals surface area (Å²) in [6.45, 7) is 3.81. The number of carbonyl (C=O) groups excluding carboxylic acids is 2. The standard InChI is InChI=1S/C13H17NO2/c1-10(15)7-8-14(3)13-6-4-5-12(9-13)11(2)16/h4-6,9H,7-8H2,1-3H3. The summed E-state index contributed by atoms with van der Waals surface area (Å²) in [5.41, 5.74) is 1.67. The molecule has 3 heteroatoms. The van der Waals surface area contributed by atoms with Gasteiger partial charge in [-0.25, -0.2) is 0 Å². The van der Waals surface area contributed by atoms with Gasteiger partial charge in [0.2, 0.25) is 0 Å². The van der Waals surface area contributed by atoms with Gasteiger partial charge in [0.25, 0.3) is 0 Å². The van der Waals surface area contributed by atoms with Gasteiger partial charge >= 0.3 is 0 Å². The zero-order valence-electron chi connectivity index (χ0n) is 9.99. The molecule has 0 heterocycles. The predicted octanol–water partition coefficient (Wildman–Crippen LogP) is 2.30. The summed E-state index contributed by atoms with van der Waals surface area (Å²) in [5.74, 6) is 0.233. The van der Waals surface area contributed by atoms with E-state index in [9.17, 15) is 9.59 Å². The van der Waals surface area contributed by atoms with Gasteiger partial charge in [-0.3, -0.25) is 9.59 Å². The van der Waals surface area contributed by atoms with Gasteiger partial charge in [0, 0.05) is 31.3 Å². The van der Waals surface area contributed by atoms with E-state index in [4.69, 9.17) is 0 Å². The Bertz CT molecular complexity index is 399. The van der Waals surface area contributed by atoms with E-state index >= 15 is 0 Å². The number of benzene rings is 1. The summed E-state index contributed by atoms with van der Waals surface area (Å²) < 4.78 is 0. The summed E-state index contributed by atoms with van der Waals surface area (Å²) in [7, 11) is 1.92. The first kappa shape index (κ1) is 12.4. The van der Waals surface area contributed by atoms with Crippen molar-refractivity contribution in [3.05, 3.63) is 29.8 Å². The van der Waals surface area contributed by atoms with Crippen LogP contribution in [-0.4, -0.2) is 25.2 Å². The van der Waals surface area contributed by atoms with Crippen LogP contribution in [0.15, 0.2) is 24.3 Å². The largest absolute Gasteiger partial charge is 0.374 e. The van der Waals surface area contributed by atoms with E-state index in [2.05, 4.69) is 0 Å². The lowest BCUT2D eigenvalue weighted by molar-refractivity contribution is -0.116. The van der Waals surface area contributed by atoms with Crippen molar-refractivity contribution in [1.82, 2.24) is 0 Å². The van der Waals surface area contributed by atoms with Crippen molar-refractivity contribution in [2.75, 3.05) is 18.5 Å². The molecule has 0 saturated heterocycles. The van der Waals surface area contributed by atoms with E-state index in [0.29, 0.717) is 18.5 Å². The lowest BCUT2D eigenvalue weighted by atomic mass is 10.1. The molecule has 86 valence electrons. The molecule has 1 aromatic carbocycles. The molecule has 0 saturated carbocycles. The van der Waals surface area contributed by atoms with E-state index in [-0.39, 0.29) is 11.6 Å². The molecule has 0 unspecified atom stereocenters. The van der Waals surface area contributed by atoms with Gasteiger partial charge in [-0.1, -0.05) is 12.1 Å². The summed E-state index contributed by atoms with van der Waals surface area (Å²) in [5, 5.41) is 0. The maximum Gasteiger partial charge on any atom is 0.159 e. The van der Waals surface area contributed by atoms with E-state index in [1.165, 1.54) is 0 Å². The first-order chi connectivity index (χ1) is 7.50. The van der Waals surface area contributed by atoms with Crippen LogP contribution in [0.2, 0.25) is 0 Å². The number of hydrogen-bond donors (Lipinski definition) is 0. The van der Waals surface area contributed by atoms with Gasteiger partial charge in [0.15, 0.2) is 5.78 Å². The molecule has 0 aliphatic heterocycles. The summed E-state index contributed by atoms with van der Waals surface area (Å²) in [4.78, 5) is 24.1. The minimum atomic E-state index is 0.0572. The average Bonchev–Trinajstić information content (AvgIpc) is 2.26. The van der Waals surface area contributed by atoms with Gasteiger partial charge in [-0.15, -0.1) is 0 Å². The fraction of sp³-hybridized carbons (Fsp3) is 0.385. The second kappa shape index (κ2) is 5.45. The number of ketones is 2. The van der Waals surface area contributed by atoms with E-state index in [0.717, 1.165) is 5.69 Å². The van der Waals surface area contributed by atoms with Crippen molar-refractivity contribution >= 4 is 17.3 Å². The molecule has 1 aromatic rings. The molecule has 0 spiro atoms. The smallest absolute Gasteiger partial charge is 0.159 e. The highest BCUT2D eigenvalue weighted by atomic mass is 16.1. The zero-order chi connectivity index (χ0) is 12.1. The summed E-state index contributed by atoms with van der Waals surface area (Å²) in [6, 6.07) is 7.44. The zero-order valence-corrected chi connectivity index (χ0v) is 9.99. The molecule has 0 radical (unpaired) electrons. The molecular formula is C13H17NO2. The Balaban J connectivity index is 2.75. The van der Waals surface area contributed by atoms with Crippen LogP contribution < -0.4 is 4.90 Å². The Hall–Kier alpha value is -1.64. The minimum absolute atomic E-state index is 0.0572. The van der Waals surface area contributed by atoms with Crippen LogP contribution in [0.4, 0.5) is 5.69 Å². The van der Waals surface area contributed by atoms with Gasteiger partial charge in [0.05, 0.1) is 0 Å². The van der Waals surface area contributed by atoms with E-state index in [1.54, 1.807) is 19.9 Å². The minimum Gasteiger partial charge on any atom is -0.374 e. The number of rotatable bonds is 5. The van der Waals surface area contributed by atoms with Crippen molar-refractivity contribution in [2.45, 2.75) is 20.3 Å². The van der Waals surface area contributed by atoms with Crippen molar-refractivity contribution < 1.29 is 9.59 Å². The van der Waals surface area contributed by atoms with E-state index in [1.807, 2.05) is 30.1 Å². The monoisotopic (exact) mass is 219 g/mol. The highest BCUT2D eigenvalue weighted by Crippen LogP contribution is 2.15. The number of nitrogens with zero attached hydrogens (tertiary/aromatic N) is 1. The summed E-state index contributed by atoms with van der Waals surface area (Å²) in [6.07, 6.45) is 0.529. The Labute approximate surface area is 96.1 Å². The van der Waals surface area contributed by atoms with Crippen molar-refractivity contribution in [3.8, 4) is 0 Å². The highest BCUT2D eigenvalue weighted by molar-refractivity contribution is 5.95. The van der Waals surface area contributed by atoms with Gasteiger partial charge in [-0.2, -0.15) is 0 Å². The average molecular weight is 219 g/mol. The van der Waals surface area contributed by atoms with Crippen LogP contribution in [0, 0.1) is 0 Å². The molecule has 0 fully saturated rings. The molecule has 3 nitrogen and oxygen atoms in total. The molecule has 0 bridgehead atoms. The topological polar surface area (TPSA) is 37.4 Å². The molecule has 1 rings (SSSR count). The van der Waals surface area contributed by atoms with Gasteiger partial charge in [-0.05, 0) is 26.0 Å². The lowest BCUT2D eigenvalue weighted by Gasteiger charge is -2.18. The maximum atomic E-state index is 11.2. The molecular weight excluding hydrogens is 202 g/mol. The number of hydrogen-bond acceptors (Lipinski definition) is 3. The van der Waals surface area contributed by atoms with Crippen LogP contribution in [0.1, 0.15) is 30.6 Å². The third kappa shape index (κ3) is 3.50. The fourth-order valence-electron chi connectivity index (χ4n) is 1.42. The molecule has 0 amide bonds. The lowest BCUT2D eigenvalue weighted by Crippen LogP contribution is -2.20. The van der Waals surface area contributed by atoms with Crippen LogP contribution in [-0.2, 0) is 4.79 Å². The van der Waals surface area contributed by atoms with Crippen molar-refractivity contribution in [1.29, 1.82) is 0 Å². The van der Waals surface area contributed by atoms with Crippen LogP contribution in [0.25, 0.3) is 0 Å². The van der Waals surface area contributed by atoms with Crippen LogP contribution >= 0.6 is 0 Å². The third-order valence-electron chi connectivity index (χ3n) is 2.49. The number of Topliss-reactive ketones (excluding diaryl/α,β-unsaturated/α-hetero) is 2. The molecule has 0 aliphatic rings. The van der Waals surface area contributed by atoms with Gasteiger partial charge < -0.3 is 4.90 Å². The highest BCUT2D eigenvalue weighted by Gasteiger charge is 2.05. The Kier molecular flexibility index (Phi) is 4.23. The normalized spacial score (nSPS) is 9.94. The number of anilines is 1. The molecule has 0 aliphatic carbocycles. The first-order valence-corrected chi connectivity index (χ1v) is 5.32. The molecule has 0 N–H and O–H groups in total. The van der Waals surface area contributed by atoms with E-state index < -0.39 is 0 Å². The maximum absolute atomic E-state index is 11.2. The summed E-state index contributed by atoms with van der Waals surface area (Å²) >= 11 is 0. The first-order valence-electron chi connectivity index (χ1n) is 5.32. The SMILES string of the molecule is CC(=O)CCN(C)c1cccc(C(C)=O)c1. The number of carbonyl (C=O) groups is 2. The predicted molar refractivity (Wildman–Crippen MR) is 65.0 cm³/mol. The van der Waals surface area contributed by atoms with Crippen LogP contribution in [0.5, 0.6) is 0 Å². The second-order valence-corrected chi connectivity index (χ2v) is 3.98. The van der Waals surface area contributed by atoms with Gasteiger partial charge in [0.1, 0.15) is 5.78 Å². The molecule has 0 atom stereocenters.